The third-order valence-electron chi connectivity index (χ3n) is 4.33. The maximum atomic E-state index is 12.6. The number of sulfonamides is 1. The van der Waals surface area contributed by atoms with Crippen LogP contribution in [0.2, 0.25) is 0 Å². The first kappa shape index (κ1) is 23.4. The predicted octanol–water partition coefficient (Wildman–Crippen LogP) is 2.15. The van der Waals surface area contributed by atoms with Crippen molar-refractivity contribution in [2.45, 2.75) is 50.8 Å². The Bertz CT molecular complexity index is 698. The third-order valence-corrected chi connectivity index (χ3v) is 7.46. The number of carbonyl (C=O) groups is 1. The van der Waals surface area contributed by atoms with Gasteiger partial charge >= 0.3 is 0 Å². The van der Waals surface area contributed by atoms with E-state index < -0.39 is 15.4 Å². The minimum Gasteiger partial charge on any atom is -0.355 e. The highest BCUT2D eigenvalue weighted by molar-refractivity contribution is 7.91. The second-order valence-corrected chi connectivity index (χ2v) is 10.8. The van der Waals surface area contributed by atoms with Gasteiger partial charge in [-0.15, -0.1) is 23.7 Å². The number of thiophene rings is 1. The average Bonchev–Trinajstić information content (AvgIpc) is 2.98. The molecule has 3 N–H and O–H groups in total. The Morgan fingerprint density at radius 3 is 2.65 bits per heavy atom. The summed E-state index contributed by atoms with van der Waals surface area (Å²) in [6.45, 7) is 9.83. The van der Waals surface area contributed by atoms with Gasteiger partial charge in [-0.2, -0.15) is 0 Å². The summed E-state index contributed by atoms with van der Waals surface area (Å²) in [5.41, 5.74) is -0.417. The van der Waals surface area contributed by atoms with Crippen molar-refractivity contribution in [2.24, 2.45) is 11.3 Å². The molecule has 1 aliphatic rings. The van der Waals surface area contributed by atoms with E-state index in [9.17, 15) is 13.2 Å². The Hall–Kier alpha value is -0.670. The van der Waals surface area contributed by atoms with Crippen LogP contribution in [0, 0.1) is 11.3 Å². The maximum absolute atomic E-state index is 12.6. The molecule has 0 bridgehead atoms. The van der Waals surface area contributed by atoms with Gasteiger partial charge in [0.15, 0.2) is 0 Å². The van der Waals surface area contributed by atoms with Crippen molar-refractivity contribution in [3.05, 3.63) is 17.0 Å². The Kier molecular flexibility index (Phi) is 8.54. The lowest BCUT2D eigenvalue weighted by atomic mass is 9.96. The van der Waals surface area contributed by atoms with Crippen LogP contribution in [-0.4, -0.2) is 40.0 Å². The van der Waals surface area contributed by atoms with Gasteiger partial charge in [-0.25, -0.2) is 13.1 Å². The molecule has 0 saturated carbocycles. The van der Waals surface area contributed by atoms with Gasteiger partial charge in [0.05, 0.1) is 0 Å². The van der Waals surface area contributed by atoms with Crippen LogP contribution in [0.5, 0.6) is 0 Å². The highest BCUT2D eigenvalue weighted by atomic mass is 35.5. The quantitative estimate of drug-likeness (QED) is 0.654. The molecule has 0 radical (unpaired) electrons. The van der Waals surface area contributed by atoms with Gasteiger partial charge in [0.25, 0.3) is 0 Å². The van der Waals surface area contributed by atoms with Gasteiger partial charge < -0.3 is 10.6 Å². The molecule has 150 valence electrons. The van der Waals surface area contributed by atoms with Crippen LogP contribution in [-0.2, 0) is 21.2 Å². The Morgan fingerprint density at radius 2 is 2.04 bits per heavy atom. The number of rotatable bonds is 6. The molecule has 6 nitrogen and oxygen atoms in total. The number of amides is 1. The van der Waals surface area contributed by atoms with E-state index in [2.05, 4.69) is 22.3 Å². The zero-order chi connectivity index (χ0) is 18.7. The molecule has 0 aromatic carbocycles. The summed E-state index contributed by atoms with van der Waals surface area (Å²) in [4.78, 5) is 12.8. The second-order valence-electron chi connectivity index (χ2n) is 7.67. The highest BCUT2D eigenvalue weighted by Crippen LogP contribution is 2.23. The van der Waals surface area contributed by atoms with Crippen LogP contribution >= 0.6 is 23.7 Å². The Balaban J connectivity index is 0.00000338. The first-order valence-electron chi connectivity index (χ1n) is 8.69. The van der Waals surface area contributed by atoms with E-state index in [1.807, 2.05) is 26.8 Å². The molecule has 0 aliphatic carbocycles. The van der Waals surface area contributed by atoms with Gasteiger partial charge in [0.1, 0.15) is 4.21 Å². The van der Waals surface area contributed by atoms with Crippen molar-refractivity contribution in [1.29, 1.82) is 0 Å². The van der Waals surface area contributed by atoms with Gasteiger partial charge in [-0.05, 0) is 44.0 Å². The van der Waals surface area contributed by atoms with Gasteiger partial charge in [-0.1, -0.05) is 27.7 Å². The van der Waals surface area contributed by atoms with E-state index in [1.54, 1.807) is 6.07 Å². The van der Waals surface area contributed by atoms with E-state index in [4.69, 9.17) is 0 Å². The first-order chi connectivity index (χ1) is 11.6. The fraction of sp³-hybridized carbons (Fsp3) is 0.706. The number of nitrogens with one attached hydrogen (secondary N) is 3. The number of piperidine rings is 1. The molecule has 1 aromatic heterocycles. The first-order valence-corrected chi connectivity index (χ1v) is 11.0. The van der Waals surface area contributed by atoms with Crippen LogP contribution in [0.1, 0.15) is 39.0 Å². The summed E-state index contributed by atoms with van der Waals surface area (Å²) in [6.07, 6.45) is 1.43. The molecule has 2 rings (SSSR count). The summed E-state index contributed by atoms with van der Waals surface area (Å²) in [6, 6.07) is 3.46. The lowest BCUT2D eigenvalue weighted by Crippen LogP contribution is -2.48. The third kappa shape index (κ3) is 6.49. The lowest BCUT2D eigenvalue weighted by molar-refractivity contribution is -0.128. The van der Waals surface area contributed by atoms with E-state index >= 15 is 0 Å². The Morgan fingerprint density at radius 1 is 1.35 bits per heavy atom. The van der Waals surface area contributed by atoms with Crippen LogP contribution in [0.15, 0.2) is 16.3 Å². The summed E-state index contributed by atoms with van der Waals surface area (Å²) >= 11 is 1.27. The summed E-state index contributed by atoms with van der Waals surface area (Å²) in [5, 5.41) is 6.16. The van der Waals surface area contributed by atoms with Crippen LogP contribution in [0.4, 0.5) is 0 Å². The molecule has 2 atom stereocenters. The zero-order valence-corrected chi connectivity index (χ0v) is 18.2. The normalized spacial score (nSPS) is 21.1. The maximum Gasteiger partial charge on any atom is 0.250 e. The van der Waals surface area contributed by atoms with Crippen molar-refractivity contribution < 1.29 is 13.2 Å². The van der Waals surface area contributed by atoms with Gasteiger partial charge in [-0.3, -0.25) is 4.79 Å². The lowest BCUT2D eigenvalue weighted by Gasteiger charge is -2.29. The fourth-order valence-electron chi connectivity index (χ4n) is 2.65. The molecule has 26 heavy (non-hydrogen) atoms. The van der Waals surface area contributed by atoms with E-state index in [0.717, 1.165) is 24.4 Å². The molecule has 2 heterocycles. The number of hydrogen-bond donors (Lipinski definition) is 3. The smallest absolute Gasteiger partial charge is 0.250 e. The molecule has 1 amide bonds. The van der Waals surface area contributed by atoms with E-state index in [0.29, 0.717) is 17.2 Å². The standard InChI is InChI=1S/C17H29N3O3S2.ClH/c1-12-11-18-9-8-14(12)20-25(22,23)15-6-5-13(24-15)7-10-19-16(21)17(2,3)4;/h5-6,12,14,18,20H,7-11H2,1-4H3,(H,19,21);1H. The van der Waals surface area contributed by atoms with E-state index in [1.165, 1.54) is 11.3 Å². The molecule has 0 spiro atoms. The monoisotopic (exact) mass is 423 g/mol. The fourth-order valence-corrected chi connectivity index (χ4v) is 5.40. The largest absolute Gasteiger partial charge is 0.355 e. The molecule has 2 unspecified atom stereocenters. The van der Waals surface area contributed by atoms with Crippen LogP contribution < -0.4 is 15.4 Å². The van der Waals surface area contributed by atoms with Crippen molar-refractivity contribution >= 4 is 39.7 Å². The van der Waals surface area contributed by atoms with E-state index in [-0.39, 0.29) is 30.3 Å². The molecule has 9 heteroatoms. The minimum atomic E-state index is -3.48. The number of hydrogen-bond acceptors (Lipinski definition) is 5. The SMILES string of the molecule is CC1CNCCC1NS(=O)(=O)c1ccc(CCNC(=O)C(C)(C)C)s1.Cl. The zero-order valence-electron chi connectivity index (χ0n) is 15.8. The second kappa shape index (κ2) is 9.50. The number of carbonyl (C=O) groups excluding carboxylic acids is 1. The van der Waals surface area contributed by atoms with Crippen molar-refractivity contribution in [3.63, 3.8) is 0 Å². The molecular formula is C17H30ClN3O3S2. The van der Waals surface area contributed by atoms with Crippen LogP contribution in [0.3, 0.4) is 0 Å². The number of halogens is 1. The van der Waals surface area contributed by atoms with Gasteiger partial charge in [0.2, 0.25) is 15.9 Å². The minimum absolute atomic E-state index is 0. The average molecular weight is 424 g/mol. The summed E-state index contributed by atoms with van der Waals surface area (Å²) in [7, 11) is -3.48. The van der Waals surface area contributed by atoms with Crippen LogP contribution in [0.25, 0.3) is 0 Å². The topological polar surface area (TPSA) is 87.3 Å². The predicted molar refractivity (Wildman–Crippen MR) is 108 cm³/mol. The molecular weight excluding hydrogens is 394 g/mol. The molecule has 1 saturated heterocycles. The molecule has 1 aliphatic heterocycles. The highest BCUT2D eigenvalue weighted by Gasteiger charge is 2.27. The van der Waals surface area contributed by atoms with Gasteiger partial charge in [0, 0.05) is 22.9 Å². The molecule has 1 fully saturated rings. The summed E-state index contributed by atoms with van der Waals surface area (Å²) in [5.74, 6) is 0.272. The van der Waals surface area contributed by atoms with Crippen molar-refractivity contribution in [2.75, 3.05) is 19.6 Å². The Labute approximate surface area is 167 Å². The molecule has 1 aromatic rings. The van der Waals surface area contributed by atoms with Crippen molar-refractivity contribution in [1.82, 2.24) is 15.4 Å². The summed E-state index contributed by atoms with van der Waals surface area (Å²) < 4.78 is 28.3. The van der Waals surface area contributed by atoms with Crippen molar-refractivity contribution in [3.8, 4) is 0 Å².